The van der Waals surface area contributed by atoms with Gasteiger partial charge < -0.3 is 10.2 Å². The first kappa shape index (κ1) is 23.1. The number of hydrogen-bond donors (Lipinski definition) is 1. The molecule has 2 aliphatic rings. The van der Waals surface area contributed by atoms with Crippen LogP contribution in [0.2, 0.25) is 5.21 Å². The number of anilines is 1. The van der Waals surface area contributed by atoms with Gasteiger partial charge >= 0.3 is 0 Å². The zero-order valence-electron chi connectivity index (χ0n) is 21.0. The number of amides is 1. The highest BCUT2D eigenvalue weighted by Gasteiger charge is 2.48. The number of pyridine rings is 1. The van der Waals surface area contributed by atoms with Crippen LogP contribution >= 0.6 is 0 Å². The number of carbonyl (C=O) groups is 1. The van der Waals surface area contributed by atoms with E-state index in [-0.39, 0.29) is 29.1 Å². The summed E-state index contributed by atoms with van der Waals surface area (Å²) in [6.45, 7) is 2.01. The largest absolute Gasteiger partial charge is 0.360 e. The lowest BCUT2D eigenvalue weighted by atomic mass is 9.27. The summed E-state index contributed by atoms with van der Waals surface area (Å²) in [6.07, 6.45) is 6.50. The molecule has 5 heterocycles. The van der Waals surface area contributed by atoms with Crippen LogP contribution in [0.4, 0.5) is 10.2 Å². The van der Waals surface area contributed by atoms with Gasteiger partial charge in [-0.05, 0) is 48.0 Å². The first-order valence-corrected chi connectivity index (χ1v) is 11.9. The summed E-state index contributed by atoms with van der Waals surface area (Å²) >= 11 is 0. The lowest BCUT2D eigenvalue weighted by molar-refractivity contribution is 0.0936. The number of fused-ring (bicyclic) bond motifs is 5. The molecular weight excluding hydrogens is 424 g/mol. The minimum atomic E-state index is -0.477. The van der Waals surface area contributed by atoms with Crippen LogP contribution in [-0.2, 0) is 5.21 Å². The molecule has 5 rings (SSSR count). The zero-order chi connectivity index (χ0) is 24.6. The Labute approximate surface area is 204 Å². The van der Waals surface area contributed by atoms with Gasteiger partial charge in [-0.25, -0.2) is 13.9 Å². The Balaban J connectivity index is 1.83. The van der Waals surface area contributed by atoms with Crippen molar-refractivity contribution in [3.05, 3.63) is 53.4 Å². The maximum Gasteiger partial charge on any atom is 0.256 e. The third-order valence-electron chi connectivity index (χ3n) is 8.72. The zero-order valence-corrected chi connectivity index (χ0v) is 21.0. The van der Waals surface area contributed by atoms with E-state index in [1.54, 1.807) is 16.8 Å². The topological polar surface area (TPSA) is 75.4 Å². The number of halogens is 1. The smallest absolute Gasteiger partial charge is 0.256 e. The van der Waals surface area contributed by atoms with Crippen LogP contribution in [0.3, 0.4) is 0 Å². The Morgan fingerprint density at radius 1 is 1.18 bits per heavy atom. The van der Waals surface area contributed by atoms with Crippen LogP contribution in [0.1, 0.15) is 47.4 Å². The highest BCUT2D eigenvalue weighted by atomic mass is 19.1. The van der Waals surface area contributed by atoms with Gasteiger partial charge in [-0.3, -0.25) is 9.78 Å². The number of nitrogens with one attached hydrogen (secondary N) is 1. The molecule has 0 aliphatic carbocycles. The highest BCUT2D eigenvalue weighted by Crippen LogP contribution is 2.48. The molecule has 1 fully saturated rings. The molecule has 3 aromatic rings. The van der Waals surface area contributed by atoms with Gasteiger partial charge in [-0.1, -0.05) is 5.21 Å². The van der Waals surface area contributed by atoms with Crippen molar-refractivity contribution in [3.8, 4) is 0 Å². The Morgan fingerprint density at radius 3 is 2.65 bits per heavy atom. The molecule has 34 heavy (non-hydrogen) atoms. The van der Waals surface area contributed by atoms with Gasteiger partial charge in [-0.15, -0.1) is 0 Å². The molecule has 0 radical (unpaired) electrons. The molecule has 0 aromatic carbocycles. The quantitative estimate of drug-likeness (QED) is 0.359. The van der Waals surface area contributed by atoms with Crippen molar-refractivity contribution in [3.63, 3.8) is 0 Å². The molecule has 0 spiro atoms. The first-order chi connectivity index (χ1) is 15.8. The van der Waals surface area contributed by atoms with Gasteiger partial charge in [0.05, 0.1) is 18.4 Å². The molecule has 1 amide bonds. The molecule has 168 valence electrons. The number of aromatic nitrogens is 4. The van der Waals surface area contributed by atoms with E-state index in [1.807, 2.05) is 19.2 Å². The van der Waals surface area contributed by atoms with E-state index in [0.29, 0.717) is 11.2 Å². The predicted molar refractivity (Wildman–Crippen MR) is 147 cm³/mol. The Hall–Kier alpha value is -2.64. The molecule has 1 saturated heterocycles. The maximum atomic E-state index is 14.7. The van der Waals surface area contributed by atoms with Crippen LogP contribution < -0.4 is 10.2 Å². The van der Waals surface area contributed by atoms with E-state index < -0.39 is 10.4 Å². The highest BCUT2D eigenvalue weighted by molar-refractivity contribution is 6.54. The second kappa shape index (κ2) is 7.43. The summed E-state index contributed by atoms with van der Waals surface area (Å²) in [5, 5.41) is 6.44. The summed E-state index contributed by atoms with van der Waals surface area (Å²) < 4.78 is 16.3. The third kappa shape index (κ3) is 3.24. The van der Waals surface area contributed by atoms with Crippen molar-refractivity contribution in [2.45, 2.75) is 47.6 Å². The fourth-order valence-electron chi connectivity index (χ4n) is 5.61. The maximum absolute atomic E-state index is 14.7. The Bertz CT molecular complexity index is 1310. The van der Waals surface area contributed by atoms with E-state index in [1.165, 1.54) is 6.20 Å². The summed E-state index contributed by atoms with van der Waals surface area (Å²) in [5.74, 6) is 0.193. The molecule has 1 unspecified atom stereocenters. The third-order valence-corrected chi connectivity index (χ3v) is 8.72. The van der Waals surface area contributed by atoms with E-state index >= 15 is 0 Å². The minimum absolute atomic E-state index is 0.0932. The van der Waals surface area contributed by atoms with Gasteiger partial charge in [0, 0.05) is 17.9 Å². The predicted octanol–water partition coefficient (Wildman–Crippen LogP) is -3.54. The number of hydrogen-bond acceptors (Lipinski definition) is 5. The van der Waals surface area contributed by atoms with E-state index in [0.717, 1.165) is 29.9 Å². The van der Waals surface area contributed by atoms with Gasteiger partial charge in [0.2, 0.25) is 0 Å². The van der Waals surface area contributed by atoms with Crippen LogP contribution in [0.25, 0.3) is 5.65 Å². The molecule has 3 aromatic heterocycles. The summed E-state index contributed by atoms with van der Waals surface area (Å²) in [6, 6.07) is 3.27. The number of rotatable bonds is 0. The average molecular weight is 451 g/mol. The lowest BCUT2D eigenvalue weighted by Crippen LogP contribution is -2.55. The van der Waals surface area contributed by atoms with E-state index in [9.17, 15) is 9.18 Å². The molecule has 7 nitrogen and oxygen atoms in total. The van der Waals surface area contributed by atoms with Crippen molar-refractivity contribution in [1.82, 2.24) is 24.9 Å². The Kier molecular flexibility index (Phi) is 5.05. The van der Waals surface area contributed by atoms with E-state index in [2.05, 4.69) is 67.4 Å². The van der Waals surface area contributed by atoms with Gasteiger partial charge in [0.25, 0.3) is 5.91 Å². The molecular formula is C20H27B6FN6O. The molecule has 2 atom stereocenters. The van der Waals surface area contributed by atoms with E-state index in [4.69, 9.17) is 4.98 Å². The summed E-state index contributed by atoms with van der Waals surface area (Å²) in [7, 11) is 12.9. The monoisotopic (exact) mass is 452 g/mol. The van der Waals surface area contributed by atoms with Crippen molar-refractivity contribution in [2.75, 3.05) is 4.90 Å². The van der Waals surface area contributed by atoms with Crippen molar-refractivity contribution < 1.29 is 9.18 Å². The van der Waals surface area contributed by atoms with Crippen LogP contribution in [0.15, 0.2) is 30.7 Å². The van der Waals surface area contributed by atoms with Crippen molar-refractivity contribution >= 4 is 64.4 Å². The molecule has 2 bridgehead atoms. The van der Waals surface area contributed by atoms with Crippen LogP contribution in [0.5, 0.6) is 0 Å². The van der Waals surface area contributed by atoms with Crippen LogP contribution in [-0.4, -0.2) is 83.9 Å². The summed E-state index contributed by atoms with van der Waals surface area (Å²) in [4.78, 5) is 25.2. The standard InChI is InChI=1S/C20H27B6FN6O/c1-9-19(23,24)20(25,26)15-11(6-10(27)7-28-15)13-2-4-18(21,22)33(13)14-3-5-32-16(31-14)12(8-29-32)17(34)30-9/h3,5-9,13H,2,4,21-26H2,1H3,(H,30,34)/t9-,13?/m1/s1. The van der Waals surface area contributed by atoms with Gasteiger partial charge in [-0.2, -0.15) is 5.10 Å². The molecule has 0 saturated carbocycles. The molecule has 14 heteroatoms. The lowest BCUT2D eigenvalue weighted by Gasteiger charge is -2.48. The molecule has 2 aliphatic heterocycles. The second-order valence-corrected chi connectivity index (χ2v) is 11.5. The van der Waals surface area contributed by atoms with Crippen molar-refractivity contribution in [1.29, 1.82) is 0 Å². The average Bonchev–Trinajstić information content (AvgIpc) is 3.32. The number of carbonyl (C=O) groups excluding carboxylic acids is 1. The molecule has 1 N–H and O–H groups in total. The SMILES string of the molecule is BC1(B)CCC2c3cc(F)cnc3C(B)(B)C(B)(B)[C@@H](C)NC(=O)c3cnn4ccc(nc34)N21. The second-order valence-electron chi connectivity index (χ2n) is 11.5. The van der Waals surface area contributed by atoms with Crippen LogP contribution in [0, 0.1) is 5.82 Å². The summed E-state index contributed by atoms with van der Waals surface area (Å²) in [5.41, 5.74) is 2.70. The van der Waals surface area contributed by atoms with Crippen molar-refractivity contribution in [2.24, 2.45) is 0 Å². The first-order valence-electron chi connectivity index (χ1n) is 11.9. The normalized spacial score (nSPS) is 25.0. The minimum Gasteiger partial charge on any atom is -0.360 e. The Morgan fingerprint density at radius 2 is 1.91 bits per heavy atom. The fourth-order valence-corrected chi connectivity index (χ4v) is 5.61. The van der Waals surface area contributed by atoms with Gasteiger partial charge in [0.15, 0.2) is 5.65 Å². The van der Waals surface area contributed by atoms with Gasteiger partial charge in [0.1, 0.15) is 64.3 Å². The number of nitrogens with zero attached hydrogens (tertiary/aromatic N) is 5. The fraction of sp³-hybridized carbons (Fsp3) is 0.400.